The van der Waals surface area contributed by atoms with Gasteiger partial charge >= 0.3 is 0 Å². The number of carbonyl (C=O) groups excluding carboxylic acids is 2. The lowest BCUT2D eigenvalue weighted by Gasteiger charge is -2.25. The Morgan fingerprint density at radius 2 is 2.06 bits per heavy atom. The van der Waals surface area contributed by atoms with E-state index in [0.717, 1.165) is 0 Å². The lowest BCUT2D eigenvalue weighted by molar-refractivity contribution is -0.695. The number of carbonyl (C=O) groups is 2. The molecular weight excluding hydrogens is 396 g/mol. The number of hydrogen-bond acceptors (Lipinski definition) is 5. The minimum atomic E-state index is -0.698. The van der Waals surface area contributed by atoms with Crippen molar-refractivity contribution in [2.45, 2.75) is 19.0 Å². The van der Waals surface area contributed by atoms with E-state index in [2.05, 4.69) is 9.97 Å². The summed E-state index contributed by atoms with van der Waals surface area (Å²) in [7, 11) is 1.53. The second kappa shape index (κ2) is 8.83. The molecule has 1 atom stereocenters. The topological polar surface area (TPSA) is 99.4 Å². The fourth-order valence-electron chi connectivity index (χ4n) is 3.81. The maximum atomic E-state index is 13.0. The summed E-state index contributed by atoms with van der Waals surface area (Å²) in [5, 5.41) is 11.1. The van der Waals surface area contributed by atoms with Crippen LogP contribution in [0.4, 0.5) is 0 Å². The van der Waals surface area contributed by atoms with E-state index in [1.54, 1.807) is 48.8 Å². The molecule has 2 aromatic heterocycles. The van der Waals surface area contributed by atoms with E-state index in [1.165, 1.54) is 12.0 Å². The van der Waals surface area contributed by atoms with Crippen LogP contribution in [0.15, 0.2) is 73.1 Å². The van der Waals surface area contributed by atoms with Gasteiger partial charge in [-0.15, -0.1) is 0 Å². The highest BCUT2D eigenvalue weighted by atomic mass is 16.5. The SMILES string of the molecule is COc1cccc(C(O)=C2C(=O)C(=O)N(CCC[n+]3cc[nH]c3)C2c2ccncc2)c1. The summed E-state index contributed by atoms with van der Waals surface area (Å²) in [5.74, 6) is -0.995. The number of benzene rings is 1. The number of aryl methyl sites for hydroxylation is 1. The zero-order chi connectivity index (χ0) is 21.8. The second-order valence-corrected chi connectivity index (χ2v) is 7.21. The molecule has 0 bridgehead atoms. The average molecular weight is 419 g/mol. The number of ether oxygens (including phenoxy) is 1. The summed E-state index contributed by atoms with van der Waals surface area (Å²) in [6.07, 6.45) is 9.41. The van der Waals surface area contributed by atoms with E-state index in [4.69, 9.17) is 4.74 Å². The first kappa shape index (κ1) is 20.3. The van der Waals surface area contributed by atoms with Crippen molar-refractivity contribution in [2.24, 2.45) is 0 Å². The first-order valence-corrected chi connectivity index (χ1v) is 9.94. The number of aromatic amines is 1. The Kier molecular flexibility index (Phi) is 5.79. The molecule has 1 fully saturated rings. The second-order valence-electron chi connectivity index (χ2n) is 7.21. The van der Waals surface area contributed by atoms with E-state index in [-0.39, 0.29) is 11.3 Å². The number of aliphatic hydroxyl groups is 1. The van der Waals surface area contributed by atoms with Gasteiger partial charge in [-0.25, -0.2) is 4.57 Å². The predicted octanol–water partition coefficient (Wildman–Crippen LogP) is 2.22. The lowest BCUT2D eigenvalue weighted by atomic mass is 9.96. The number of likely N-dealkylation sites (tertiary alicyclic amines) is 1. The Morgan fingerprint density at radius 1 is 1.26 bits per heavy atom. The van der Waals surface area contributed by atoms with Crippen LogP contribution in [0.1, 0.15) is 23.6 Å². The Labute approximate surface area is 179 Å². The Morgan fingerprint density at radius 3 is 2.77 bits per heavy atom. The van der Waals surface area contributed by atoms with E-state index in [1.807, 2.05) is 23.3 Å². The highest BCUT2D eigenvalue weighted by Gasteiger charge is 2.45. The number of nitrogens with zero attached hydrogens (tertiary/aromatic N) is 3. The van der Waals surface area contributed by atoms with Crippen LogP contribution in [0.5, 0.6) is 5.75 Å². The Hall–Kier alpha value is -3.94. The molecule has 0 saturated carbocycles. The van der Waals surface area contributed by atoms with Crippen molar-refractivity contribution >= 4 is 17.4 Å². The molecule has 1 saturated heterocycles. The van der Waals surface area contributed by atoms with Gasteiger partial charge in [0, 0.05) is 30.9 Å². The normalized spacial score (nSPS) is 17.8. The number of nitrogens with one attached hydrogen (secondary N) is 1. The van der Waals surface area contributed by atoms with E-state index < -0.39 is 17.7 Å². The summed E-state index contributed by atoms with van der Waals surface area (Å²) >= 11 is 0. The molecule has 3 aromatic rings. The van der Waals surface area contributed by atoms with Gasteiger partial charge in [0.2, 0.25) is 6.33 Å². The molecule has 8 heteroatoms. The molecule has 158 valence electrons. The molecule has 1 unspecified atom stereocenters. The van der Waals surface area contributed by atoms with Crippen molar-refractivity contribution in [2.75, 3.05) is 13.7 Å². The molecule has 8 nitrogen and oxygen atoms in total. The number of rotatable bonds is 7. The van der Waals surface area contributed by atoms with E-state index in [9.17, 15) is 14.7 Å². The smallest absolute Gasteiger partial charge is 0.295 e. The first-order valence-electron chi connectivity index (χ1n) is 9.94. The van der Waals surface area contributed by atoms with Gasteiger partial charge in [-0.2, -0.15) is 0 Å². The maximum absolute atomic E-state index is 13.0. The third kappa shape index (κ3) is 4.05. The van der Waals surface area contributed by atoms with Crippen molar-refractivity contribution in [1.82, 2.24) is 14.9 Å². The summed E-state index contributed by atoms with van der Waals surface area (Å²) < 4.78 is 7.19. The Bertz CT molecular complexity index is 1110. The molecule has 0 aliphatic carbocycles. The molecule has 3 heterocycles. The van der Waals surface area contributed by atoms with Gasteiger partial charge in [-0.3, -0.25) is 19.6 Å². The molecule has 0 spiro atoms. The highest BCUT2D eigenvalue weighted by Crippen LogP contribution is 2.39. The third-order valence-electron chi connectivity index (χ3n) is 5.32. The van der Waals surface area contributed by atoms with Gasteiger partial charge in [0.05, 0.1) is 25.3 Å². The number of Topliss-reactive ketones (excluding diaryl/α,β-unsaturated/α-hetero) is 1. The lowest BCUT2D eigenvalue weighted by Crippen LogP contribution is -2.36. The molecule has 2 N–H and O–H groups in total. The average Bonchev–Trinajstić information content (AvgIpc) is 3.41. The van der Waals surface area contributed by atoms with Gasteiger partial charge in [0.15, 0.2) is 0 Å². The minimum absolute atomic E-state index is 0.0683. The molecular formula is C23H23N4O4+. The zero-order valence-corrected chi connectivity index (χ0v) is 17.1. The monoisotopic (exact) mass is 419 g/mol. The van der Waals surface area contributed by atoms with Crippen molar-refractivity contribution in [3.8, 4) is 5.75 Å². The molecule has 0 radical (unpaired) electrons. The number of H-pyrrole nitrogens is 1. The first-order chi connectivity index (χ1) is 15.1. The molecule has 1 aliphatic rings. The van der Waals surface area contributed by atoms with Crippen molar-refractivity contribution in [3.05, 3.63) is 84.2 Å². The van der Waals surface area contributed by atoms with Gasteiger partial charge in [0.25, 0.3) is 11.7 Å². The molecule has 1 aromatic carbocycles. The van der Waals surface area contributed by atoms with Crippen LogP contribution in [0.3, 0.4) is 0 Å². The van der Waals surface area contributed by atoms with E-state index in [0.29, 0.717) is 36.4 Å². The fourth-order valence-corrected chi connectivity index (χ4v) is 3.81. The fraction of sp³-hybridized carbons (Fsp3) is 0.217. The van der Waals surface area contributed by atoms with Gasteiger partial charge in [0.1, 0.15) is 23.9 Å². The number of aromatic nitrogens is 3. The number of aliphatic hydroxyl groups excluding tert-OH is 1. The number of pyridine rings is 1. The maximum Gasteiger partial charge on any atom is 0.295 e. The number of hydrogen-bond donors (Lipinski definition) is 2. The predicted molar refractivity (Wildman–Crippen MR) is 112 cm³/mol. The van der Waals surface area contributed by atoms with Crippen molar-refractivity contribution < 1.29 is 24.0 Å². The molecule has 31 heavy (non-hydrogen) atoms. The van der Waals surface area contributed by atoms with Crippen LogP contribution in [0.25, 0.3) is 5.76 Å². The van der Waals surface area contributed by atoms with Gasteiger partial charge in [-0.05, 0) is 29.8 Å². The van der Waals surface area contributed by atoms with Crippen LogP contribution in [-0.2, 0) is 16.1 Å². The van der Waals surface area contributed by atoms with Crippen molar-refractivity contribution in [1.29, 1.82) is 0 Å². The van der Waals surface area contributed by atoms with Crippen molar-refractivity contribution in [3.63, 3.8) is 0 Å². The quantitative estimate of drug-likeness (QED) is 0.265. The van der Waals surface area contributed by atoms with Crippen LogP contribution in [0.2, 0.25) is 0 Å². The third-order valence-corrected chi connectivity index (χ3v) is 5.32. The molecule has 1 aliphatic heterocycles. The number of amides is 1. The van der Waals surface area contributed by atoms with Crippen LogP contribution in [0, 0.1) is 0 Å². The largest absolute Gasteiger partial charge is 0.507 e. The molecule has 1 amide bonds. The van der Waals surface area contributed by atoms with Crippen LogP contribution < -0.4 is 9.30 Å². The number of methoxy groups -OCH3 is 1. The summed E-state index contributed by atoms with van der Waals surface area (Å²) in [5.41, 5.74) is 1.20. The van der Waals surface area contributed by atoms with Crippen LogP contribution >= 0.6 is 0 Å². The van der Waals surface area contributed by atoms with Gasteiger partial charge in [-0.1, -0.05) is 12.1 Å². The minimum Gasteiger partial charge on any atom is -0.507 e. The number of ketones is 1. The summed E-state index contributed by atoms with van der Waals surface area (Å²) in [4.78, 5) is 34.5. The summed E-state index contributed by atoms with van der Waals surface area (Å²) in [6, 6.07) is 9.60. The standard InChI is InChI=1S/C23H22N4O4/c1-31-18-5-2-4-17(14-18)21(28)19-20(16-6-8-24-9-7-16)27(23(30)22(19)29)12-3-11-26-13-10-25-15-26/h2,4-10,13-15,20H,3,11-12H2,1H3,(H,28,29)/p+1. The van der Waals surface area contributed by atoms with Crippen LogP contribution in [-0.4, -0.2) is 45.3 Å². The summed E-state index contributed by atoms with van der Waals surface area (Å²) in [6.45, 7) is 1.05. The number of imidazole rings is 1. The van der Waals surface area contributed by atoms with E-state index >= 15 is 0 Å². The molecule has 4 rings (SSSR count). The highest BCUT2D eigenvalue weighted by molar-refractivity contribution is 6.46. The Balaban J connectivity index is 1.72. The zero-order valence-electron chi connectivity index (χ0n) is 17.1. The van der Waals surface area contributed by atoms with Gasteiger partial charge < -0.3 is 14.7 Å².